The summed E-state index contributed by atoms with van der Waals surface area (Å²) in [7, 11) is 1.37. The molecule has 0 bridgehead atoms. The molecule has 0 saturated carbocycles. The van der Waals surface area contributed by atoms with Crippen LogP contribution in [0.4, 0.5) is 0 Å². The number of hydrogen-bond donors (Lipinski definition) is 0. The van der Waals surface area contributed by atoms with Gasteiger partial charge < -0.3 is 9.47 Å². The Morgan fingerprint density at radius 2 is 1.90 bits per heavy atom. The average Bonchev–Trinajstić information content (AvgIpc) is 2.46. The molecule has 0 saturated heterocycles. The molecular weight excluding hydrogens is 332 g/mol. The molecule has 0 aliphatic heterocycles. The molecule has 0 amide bonds. The van der Waals surface area contributed by atoms with Gasteiger partial charge in [0, 0.05) is 10.0 Å². The summed E-state index contributed by atoms with van der Waals surface area (Å²) in [6.07, 6.45) is 0. The molecule has 0 radical (unpaired) electrons. The van der Waals surface area contributed by atoms with Crippen LogP contribution < -0.4 is 4.74 Å². The van der Waals surface area contributed by atoms with Crippen LogP contribution in [-0.4, -0.2) is 13.1 Å². The van der Waals surface area contributed by atoms with Crippen molar-refractivity contribution < 1.29 is 14.3 Å². The number of benzene rings is 2. The topological polar surface area (TPSA) is 35.5 Å². The van der Waals surface area contributed by atoms with E-state index in [2.05, 4.69) is 28.9 Å². The predicted molar refractivity (Wildman–Crippen MR) is 85.7 cm³/mol. The SMILES string of the molecule is COC(=O)c1ccc(COc2ccc(C)cc2C)c(Br)c1. The summed E-state index contributed by atoms with van der Waals surface area (Å²) in [5.74, 6) is 0.516. The van der Waals surface area contributed by atoms with Gasteiger partial charge in [-0.05, 0) is 37.6 Å². The summed E-state index contributed by atoms with van der Waals surface area (Å²) in [5, 5.41) is 0. The smallest absolute Gasteiger partial charge is 0.337 e. The summed E-state index contributed by atoms with van der Waals surface area (Å²) in [6.45, 7) is 4.52. The fourth-order valence-electron chi connectivity index (χ4n) is 2.03. The number of halogens is 1. The first kappa shape index (κ1) is 15.6. The minimum absolute atomic E-state index is 0.349. The summed E-state index contributed by atoms with van der Waals surface area (Å²) < 4.78 is 11.4. The van der Waals surface area contributed by atoms with E-state index in [1.165, 1.54) is 12.7 Å². The van der Waals surface area contributed by atoms with E-state index in [0.717, 1.165) is 21.3 Å². The Morgan fingerprint density at radius 1 is 1.14 bits per heavy atom. The van der Waals surface area contributed by atoms with Crippen molar-refractivity contribution >= 4 is 21.9 Å². The van der Waals surface area contributed by atoms with Crippen molar-refractivity contribution in [2.75, 3.05) is 7.11 Å². The van der Waals surface area contributed by atoms with Gasteiger partial charge >= 0.3 is 5.97 Å². The third kappa shape index (κ3) is 3.85. The van der Waals surface area contributed by atoms with E-state index < -0.39 is 0 Å². The Morgan fingerprint density at radius 3 is 2.52 bits per heavy atom. The van der Waals surface area contributed by atoms with E-state index in [1.807, 2.05) is 25.1 Å². The second kappa shape index (κ2) is 6.76. The number of aryl methyl sites for hydroxylation is 2. The van der Waals surface area contributed by atoms with Crippen molar-refractivity contribution in [2.45, 2.75) is 20.5 Å². The van der Waals surface area contributed by atoms with Crippen LogP contribution in [0.3, 0.4) is 0 Å². The van der Waals surface area contributed by atoms with Crippen LogP contribution in [0.15, 0.2) is 40.9 Å². The minimum atomic E-state index is -0.349. The molecule has 0 N–H and O–H groups in total. The average molecular weight is 349 g/mol. The zero-order valence-electron chi connectivity index (χ0n) is 12.3. The number of rotatable bonds is 4. The second-order valence-corrected chi connectivity index (χ2v) is 5.71. The van der Waals surface area contributed by atoms with E-state index in [4.69, 9.17) is 9.47 Å². The maximum absolute atomic E-state index is 11.5. The molecule has 110 valence electrons. The second-order valence-electron chi connectivity index (χ2n) is 4.86. The first-order valence-corrected chi connectivity index (χ1v) is 7.37. The van der Waals surface area contributed by atoms with Gasteiger partial charge in [-0.1, -0.05) is 39.7 Å². The molecule has 2 rings (SSSR count). The van der Waals surface area contributed by atoms with Crippen LogP contribution in [0.25, 0.3) is 0 Å². The molecule has 2 aromatic rings. The molecule has 0 spiro atoms. The quantitative estimate of drug-likeness (QED) is 0.766. The normalized spacial score (nSPS) is 10.3. The lowest BCUT2D eigenvalue weighted by Gasteiger charge is -2.11. The molecule has 3 nitrogen and oxygen atoms in total. The molecule has 0 fully saturated rings. The van der Waals surface area contributed by atoms with Gasteiger partial charge in [-0.25, -0.2) is 4.79 Å². The van der Waals surface area contributed by atoms with Gasteiger partial charge in [0.15, 0.2) is 0 Å². The number of ether oxygens (including phenoxy) is 2. The van der Waals surface area contributed by atoms with E-state index in [-0.39, 0.29) is 5.97 Å². The largest absolute Gasteiger partial charge is 0.489 e. The highest BCUT2D eigenvalue weighted by Gasteiger charge is 2.09. The zero-order chi connectivity index (χ0) is 15.4. The molecular formula is C17H17BrO3. The number of carbonyl (C=O) groups is 1. The molecule has 0 unspecified atom stereocenters. The highest BCUT2D eigenvalue weighted by molar-refractivity contribution is 9.10. The fourth-order valence-corrected chi connectivity index (χ4v) is 2.52. The highest BCUT2D eigenvalue weighted by Crippen LogP contribution is 2.23. The summed E-state index contributed by atoms with van der Waals surface area (Å²) in [5.41, 5.74) is 3.81. The number of hydrogen-bond acceptors (Lipinski definition) is 3. The van der Waals surface area contributed by atoms with Crippen molar-refractivity contribution in [3.63, 3.8) is 0 Å². The van der Waals surface area contributed by atoms with Crippen molar-refractivity contribution in [3.05, 3.63) is 63.1 Å². The van der Waals surface area contributed by atoms with Crippen LogP contribution in [0.1, 0.15) is 27.0 Å². The van der Waals surface area contributed by atoms with Gasteiger partial charge in [0.25, 0.3) is 0 Å². The highest BCUT2D eigenvalue weighted by atomic mass is 79.9. The molecule has 0 atom stereocenters. The Kier molecular flexibility index (Phi) is 5.02. The maximum Gasteiger partial charge on any atom is 0.337 e. The van der Waals surface area contributed by atoms with Gasteiger partial charge in [0.05, 0.1) is 12.7 Å². The summed E-state index contributed by atoms with van der Waals surface area (Å²) in [4.78, 5) is 11.5. The molecule has 0 heterocycles. The minimum Gasteiger partial charge on any atom is -0.489 e. The Bertz CT molecular complexity index is 665. The predicted octanol–water partition coefficient (Wildman–Crippen LogP) is 4.43. The lowest BCUT2D eigenvalue weighted by atomic mass is 10.1. The lowest BCUT2D eigenvalue weighted by molar-refractivity contribution is 0.0600. The summed E-state index contributed by atoms with van der Waals surface area (Å²) in [6, 6.07) is 11.4. The van der Waals surface area contributed by atoms with Gasteiger partial charge in [-0.2, -0.15) is 0 Å². The molecule has 4 heteroatoms. The van der Waals surface area contributed by atoms with Crippen LogP contribution >= 0.6 is 15.9 Å². The van der Waals surface area contributed by atoms with Gasteiger partial charge in [-0.3, -0.25) is 0 Å². The number of esters is 1. The monoisotopic (exact) mass is 348 g/mol. The van der Waals surface area contributed by atoms with E-state index in [1.54, 1.807) is 12.1 Å². The summed E-state index contributed by atoms with van der Waals surface area (Å²) >= 11 is 3.46. The van der Waals surface area contributed by atoms with Crippen LogP contribution in [0.2, 0.25) is 0 Å². The van der Waals surface area contributed by atoms with Crippen molar-refractivity contribution in [3.8, 4) is 5.75 Å². The Balaban J connectivity index is 2.11. The van der Waals surface area contributed by atoms with Gasteiger partial charge in [0.2, 0.25) is 0 Å². The van der Waals surface area contributed by atoms with E-state index in [9.17, 15) is 4.79 Å². The van der Waals surface area contributed by atoms with Gasteiger partial charge in [-0.15, -0.1) is 0 Å². The molecule has 0 aliphatic carbocycles. The van der Waals surface area contributed by atoms with Crippen molar-refractivity contribution in [1.82, 2.24) is 0 Å². The Hall–Kier alpha value is -1.81. The standard InChI is InChI=1S/C17H17BrO3/c1-11-4-7-16(12(2)8-11)21-10-14-6-5-13(9-15(14)18)17(19)20-3/h4-9H,10H2,1-3H3. The molecule has 0 aliphatic rings. The van der Waals surface area contributed by atoms with Crippen LogP contribution in [-0.2, 0) is 11.3 Å². The van der Waals surface area contributed by atoms with Crippen LogP contribution in [0.5, 0.6) is 5.75 Å². The lowest BCUT2D eigenvalue weighted by Crippen LogP contribution is -2.03. The number of carbonyl (C=O) groups excluding carboxylic acids is 1. The van der Waals surface area contributed by atoms with Crippen LogP contribution in [0, 0.1) is 13.8 Å². The third-order valence-corrected chi connectivity index (χ3v) is 3.93. The molecule has 0 aromatic heterocycles. The first-order chi connectivity index (χ1) is 10.0. The number of methoxy groups -OCH3 is 1. The van der Waals surface area contributed by atoms with Crippen molar-refractivity contribution in [1.29, 1.82) is 0 Å². The molecule has 21 heavy (non-hydrogen) atoms. The zero-order valence-corrected chi connectivity index (χ0v) is 13.9. The third-order valence-electron chi connectivity index (χ3n) is 3.19. The van der Waals surface area contributed by atoms with Crippen molar-refractivity contribution in [2.24, 2.45) is 0 Å². The van der Waals surface area contributed by atoms with E-state index >= 15 is 0 Å². The maximum atomic E-state index is 11.5. The Labute approximate surface area is 133 Å². The first-order valence-electron chi connectivity index (χ1n) is 6.58. The molecule has 2 aromatic carbocycles. The fraction of sp³-hybridized carbons (Fsp3) is 0.235. The van der Waals surface area contributed by atoms with E-state index in [0.29, 0.717) is 12.2 Å². The van der Waals surface area contributed by atoms with Gasteiger partial charge in [0.1, 0.15) is 12.4 Å².